The van der Waals surface area contributed by atoms with Crippen molar-refractivity contribution in [1.82, 2.24) is 9.55 Å². The highest BCUT2D eigenvalue weighted by atomic mass is 16.5. The SMILES string of the molecule is CCOc1ccc2c(c1)nc(CCCO)n2C. The summed E-state index contributed by atoms with van der Waals surface area (Å²) in [6.07, 6.45) is 1.54. The van der Waals surface area contributed by atoms with Crippen molar-refractivity contribution in [2.75, 3.05) is 13.2 Å². The summed E-state index contributed by atoms with van der Waals surface area (Å²) in [5.74, 6) is 1.86. The number of rotatable bonds is 5. The quantitative estimate of drug-likeness (QED) is 0.859. The van der Waals surface area contributed by atoms with Crippen LogP contribution in [0.1, 0.15) is 19.2 Å². The Bertz CT molecular complexity index is 505. The number of aryl methyl sites for hydroxylation is 2. The van der Waals surface area contributed by atoms with E-state index in [1.807, 2.05) is 32.2 Å². The summed E-state index contributed by atoms with van der Waals surface area (Å²) in [5, 5.41) is 8.85. The van der Waals surface area contributed by atoms with E-state index in [1.54, 1.807) is 0 Å². The monoisotopic (exact) mass is 234 g/mol. The van der Waals surface area contributed by atoms with E-state index in [1.165, 1.54) is 0 Å². The molecule has 1 heterocycles. The lowest BCUT2D eigenvalue weighted by Gasteiger charge is -2.02. The number of fused-ring (bicyclic) bond motifs is 1. The van der Waals surface area contributed by atoms with E-state index < -0.39 is 0 Å². The Morgan fingerprint density at radius 2 is 2.24 bits per heavy atom. The maximum atomic E-state index is 8.85. The van der Waals surface area contributed by atoms with Crippen molar-refractivity contribution in [2.24, 2.45) is 7.05 Å². The Balaban J connectivity index is 2.35. The van der Waals surface area contributed by atoms with Crippen LogP contribution >= 0.6 is 0 Å². The molecule has 0 amide bonds. The summed E-state index contributed by atoms with van der Waals surface area (Å²) < 4.78 is 7.53. The van der Waals surface area contributed by atoms with Crippen LogP contribution in [0.5, 0.6) is 5.75 Å². The van der Waals surface area contributed by atoms with Crippen LogP contribution in [0.25, 0.3) is 11.0 Å². The molecule has 0 saturated heterocycles. The molecule has 1 N–H and O–H groups in total. The van der Waals surface area contributed by atoms with Crippen LogP contribution in [-0.2, 0) is 13.5 Å². The van der Waals surface area contributed by atoms with Crippen LogP contribution in [0.4, 0.5) is 0 Å². The first kappa shape index (κ1) is 11.9. The van der Waals surface area contributed by atoms with Gasteiger partial charge in [0.25, 0.3) is 0 Å². The fraction of sp³-hybridized carbons (Fsp3) is 0.462. The molecule has 2 rings (SSSR count). The topological polar surface area (TPSA) is 47.3 Å². The molecule has 1 aromatic heterocycles. The molecule has 2 aromatic rings. The zero-order valence-electron chi connectivity index (χ0n) is 10.3. The van der Waals surface area contributed by atoms with Crippen molar-refractivity contribution >= 4 is 11.0 Å². The van der Waals surface area contributed by atoms with Crippen molar-refractivity contribution in [1.29, 1.82) is 0 Å². The molecule has 4 nitrogen and oxygen atoms in total. The first-order chi connectivity index (χ1) is 8.26. The molecule has 0 saturated carbocycles. The van der Waals surface area contributed by atoms with Crippen LogP contribution in [0.15, 0.2) is 18.2 Å². The van der Waals surface area contributed by atoms with Crippen molar-refractivity contribution in [3.63, 3.8) is 0 Å². The molecule has 0 aliphatic rings. The second-order valence-electron chi connectivity index (χ2n) is 4.00. The van der Waals surface area contributed by atoms with E-state index >= 15 is 0 Å². The van der Waals surface area contributed by atoms with Gasteiger partial charge in [-0.1, -0.05) is 0 Å². The van der Waals surface area contributed by atoms with Crippen LogP contribution in [0.2, 0.25) is 0 Å². The molecule has 0 aliphatic carbocycles. The first-order valence-corrected chi connectivity index (χ1v) is 5.95. The number of nitrogens with zero attached hydrogens (tertiary/aromatic N) is 2. The number of benzene rings is 1. The molecule has 0 aliphatic heterocycles. The van der Waals surface area contributed by atoms with Gasteiger partial charge in [0.1, 0.15) is 11.6 Å². The number of hydrogen-bond donors (Lipinski definition) is 1. The van der Waals surface area contributed by atoms with Gasteiger partial charge in [-0.05, 0) is 25.5 Å². The van der Waals surface area contributed by atoms with Crippen molar-refractivity contribution < 1.29 is 9.84 Å². The van der Waals surface area contributed by atoms with Gasteiger partial charge in [-0.3, -0.25) is 0 Å². The molecular weight excluding hydrogens is 216 g/mol. The number of aromatic nitrogens is 2. The maximum Gasteiger partial charge on any atom is 0.121 e. The van der Waals surface area contributed by atoms with Gasteiger partial charge < -0.3 is 14.4 Å². The Morgan fingerprint density at radius 3 is 2.94 bits per heavy atom. The van der Waals surface area contributed by atoms with Gasteiger partial charge in [-0.15, -0.1) is 0 Å². The second-order valence-corrected chi connectivity index (χ2v) is 4.00. The molecule has 0 fully saturated rings. The lowest BCUT2D eigenvalue weighted by Crippen LogP contribution is -1.99. The van der Waals surface area contributed by atoms with E-state index in [-0.39, 0.29) is 6.61 Å². The highest BCUT2D eigenvalue weighted by Crippen LogP contribution is 2.21. The first-order valence-electron chi connectivity index (χ1n) is 5.95. The van der Waals surface area contributed by atoms with E-state index in [0.717, 1.165) is 35.4 Å². The minimum atomic E-state index is 0.202. The fourth-order valence-electron chi connectivity index (χ4n) is 1.95. The molecule has 0 bridgehead atoms. The average Bonchev–Trinajstić information content (AvgIpc) is 2.64. The van der Waals surface area contributed by atoms with E-state index in [4.69, 9.17) is 9.84 Å². The van der Waals surface area contributed by atoms with Gasteiger partial charge in [0.2, 0.25) is 0 Å². The van der Waals surface area contributed by atoms with Gasteiger partial charge in [-0.2, -0.15) is 0 Å². The Labute approximate surface area is 101 Å². The molecule has 17 heavy (non-hydrogen) atoms. The zero-order valence-corrected chi connectivity index (χ0v) is 10.3. The summed E-state index contributed by atoms with van der Waals surface area (Å²) >= 11 is 0. The molecule has 0 atom stereocenters. The van der Waals surface area contributed by atoms with Crippen LogP contribution in [0, 0.1) is 0 Å². The van der Waals surface area contributed by atoms with E-state index in [0.29, 0.717) is 6.61 Å². The molecule has 0 unspecified atom stereocenters. The van der Waals surface area contributed by atoms with Crippen molar-refractivity contribution in [3.05, 3.63) is 24.0 Å². The van der Waals surface area contributed by atoms with Gasteiger partial charge in [-0.25, -0.2) is 4.98 Å². The highest BCUT2D eigenvalue weighted by Gasteiger charge is 2.08. The third-order valence-electron chi connectivity index (χ3n) is 2.81. The van der Waals surface area contributed by atoms with Crippen LogP contribution < -0.4 is 4.74 Å². The van der Waals surface area contributed by atoms with Crippen molar-refractivity contribution in [3.8, 4) is 5.75 Å². The van der Waals surface area contributed by atoms with Crippen LogP contribution in [-0.4, -0.2) is 27.9 Å². The molecule has 4 heteroatoms. The number of aliphatic hydroxyl groups is 1. The smallest absolute Gasteiger partial charge is 0.121 e. The maximum absolute atomic E-state index is 8.85. The number of ether oxygens (including phenoxy) is 1. The summed E-state index contributed by atoms with van der Waals surface area (Å²) in [4.78, 5) is 4.56. The lowest BCUT2D eigenvalue weighted by atomic mass is 10.3. The number of hydrogen-bond acceptors (Lipinski definition) is 3. The molecule has 0 radical (unpaired) electrons. The predicted octanol–water partition coefficient (Wildman–Crippen LogP) is 1.90. The van der Waals surface area contributed by atoms with Gasteiger partial charge in [0.05, 0.1) is 17.6 Å². The lowest BCUT2D eigenvalue weighted by molar-refractivity contribution is 0.287. The Kier molecular flexibility index (Phi) is 3.64. The van der Waals surface area contributed by atoms with Crippen molar-refractivity contribution in [2.45, 2.75) is 19.8 Å². The fourth-order valence-corrected chi connectivity index (χ4v) is 1.95. The number of aliphatic hydroxyl groups excluding tert-OH is 1. The van der Waals surface area contributed by atoms with Gasteiger partial charge in [0.15, 0.2) is 0 Å². The molecule has 1 aromatic carbocycles. The average molecular weight is 234 g/mol. The van der Waals surface area contributed by atoms with E-state index in [9.17, 15) is 0 Å². The van der Waals surface area contributed by atoms with Gasteiger partial charge >= 0.3 is 0 Å². The Hall–Kier alpha value is -1.55. The molecule has 92 valence electrons. The molecular formula is C13H18N2O2. The normalized spacial score (nSPS) is 11.0. The summed E-state index contributed by atoms with van der Waals surface area (Å²) in [6.45, 7) is 2.83. The van der Waals surface area contributed by atoms with E-state index in [2.05, 4.69) is 9.55 Å². The van der Waals surface area contributed by atoms with Gasteiger partial charge in [0, 0.05) is 26.1 Å². The summed E-state index contributed by atoms with van der Waals surface area (Å²) in [6, 6.07) is 5.94. The Morgan fingerprint density at radius 1 is 1.41 bits per heavy atom. The standard InChI is InChI=1S/C13H18N2O2/c1-3-17-10-6-7-12-11(9-10)14-13(15(12)2)5-4-8-16/h6-7,9,16H,3-5,8H2,1-2H3. The largest absolute Gasteiger partial charge is 0.494 e. The number of imidazole rings is 1. The third-order valence-corrected chi connectivity index (χ3v) is 2.81. The third kappa shape index (κ3) is 2.42. The molecule has 0 spiro atoms. The predicted molar refractivity (Wildman–Crippen MR) is 67.3 cm³/mol. The van der Waals surface area contributed by atoms with Crippen LogP contribution in [0.3, 0.4) is 0 Å². The summed E-state index contributed by atoms with van der Waals surface area (Å²) in [5.41, 5.74) is 2.05. The zero-order chi connectivity index (χ0) is 12.3. The summed E-state index contributed by atoms with van der Waals surface area (Å²) in [7, 11) is 2.00. The second kappa shape index (κ2) is 5.19. The minimum absolute atomic E-state index is 0.202. The highest BCUT2D eigenvalue weighted by molar-refractivity contribution is 5.77. The minimum Gasteiger partial charge on any atom is -0.494 e.